The number of rotatable bonds is 7. The van der Waals surface area contributed by atoms with Crippen molar-refractivity contribution in [3.05, 3.63) is 40.5 Å². The highest BCUT2D eigenvalue weighted by atomic mass is 32.1. The second-order valence-corrected chi connectivity index (χ2v) is 5.92. The van der Waals surface area contributed by atoms with Gasteiger partial charge in [-0.3, -0.25) is 4.98 Å². The number of nitrogens with zero attached hydrogens (tertiary/aromatic N) is 3. The molecule has 1 aliphatic carbocycles. The van der Waals surface area contributed by atoms with Gasteiger partial charge in [0.25, 0.3) is 0 Å². The summed E-state index contributed by atoms with van der Waals surface area (Å²) < 4.78 is 0. The predicted octanol–water partition coefficient (Wildman–Crippen LogP) is 2.82. The van der Waals surface area contributed by atoms with Crippen LogP contribution in [-0.2, 0) is 13.1 Å². The normalized spacial score (nSPS) is 14.4. The molecular formula is C15H20N4S. The van der Waals surface area contributed by atoms with Gasteiger partial charge in [-0.15, -0.1) is 0 Å². The second kappa shape index (κ2) is 6.33. The third-order valence-electron chi connectivity index (χ3n) is 3.46. The Bertz CT molecular complexity index is 519. The molecular weight excluding hydrogens is 268 g/mol. The van der Waals surface area contributed by atoms with Crippen LogP contribution in [0.5, 0.6) is 0 Å². The van der Waals surface area contributed by atoms with Crippen molar-refractivity contribution < 1.29 is 0 Å². The maximum Gasteiger partial charge on any atom is 0.147 e. The maximum absolute atomic E-state index is 4.60. The molecule has 2 heterocycles. The molecule has 3 rings (SSSR count). The Morgan fingerprint density at radius 3 is 2.85 bits per heavy atom. The third-order valence-corrected chi connectivity index (χ3v) is 4.19. The lowest BCUT2D eigenvalue weighted by molar-refractivity contribution is 0.703. The highest BCUT2D eigenvalue weighted by molar-refractivity contribution is 7.07. The van der Waals surface area contributed by atoms with Crippen molar-refractivity contribution in [1.82, 2.24) is 15.3 Å². The summed E-state index contributed by atoms with van der Waals surface area (Å²) in [4.78, 5) is 11.5. The van der Waals surface area contributed by atoms with Gasteiger partial charge in [0, 0.05) is 19.1 Å². The molecule has 0 amide bonds. The first kappa shape index (κ1) is 13.5. The summed E-state index contributed by atoms with van der Waals surface area (Å²) in [5, 5.41) is 7.61. The fourth-order valence-corrected chi connectivity index (χ4v) is 2.86. The summed E-state index contributed by atoms with van der Waals surface area (Å²) in [6.45, 7) is 4.78. The Morgan fingerprint density at radius 2 is 2.25 bits per heavy atom. The Kier molecular flexibility index (Phi) is 4.28. The zero-order chi connectivity index (χ0) is 13.8. The summed E-state index contributed by atoms with van der Waals surface area (Å²) in [5.41, 5.74) is 2.36. The smallest absolute Gasteiger partial charge is 0.147 e. The predicted molar refractivity (Wildman–Crippen MR) is 82.9 cm³/mol. The third kappa shape index (κ3) is 3.35. The number of nitrogens with one attached hydrogen (secondary N) is 1. The monoisotopic (exact) mass is 288 g/mol. The molecule has 4 nitrogen and oxygen atoms in total. The Morgan fingerprint density at radius 1 is 1.35 bits per heavy atom. The Balaban J connectivity index is 1.70. The van der Waals surface area contributed by atoms with Gasteiger partial charge in [-0.25, -0.2) is 4.98 Å². The van der Waals surface area contributed by atoms with E-state index >= 15 is 0 Å². The molecule has 1 fully saturated rings. The summed E-state index contributed by atoms with van der Waals surface area (Å²) in [6.07, 6.45) is 6.34. The Hall–Kier alpha value is -1.46. The quantitative estimate of drug-likeness (QED) is 0.850. The van der Waals surface area contributed by atoms with E-state index in [1.807, 2.05) is 12.4 Å². The molecule has 1 aliphatic rings. The molecule has 0 unspecified atom stereocenters. The van der Waals surface area contributed by atoms with Gasteiger partial charge in [0.05, 0.1) is 18.1 Å². The van der Waals surface area contributed by atoms with Gasteiger partial charge < -0.3 is 10.2 Å². The zero-order valence-electron chi connectivity index (χ0n) is 11.7. The summed E-state index contributed by atoms with van der Waals surface area (Å²) in [6, 6.07) is 2.83. The maximum atomic E-state index is 4.60. The standard InChI is InChI=1S/C15H20N4S/c1-2-16-7-13-8-18-15(9-17-13)19(14-3-4-14)10-12-5-6-20-11-12/h5-6,8-9,11,14,16H,2-4,7,10H2,1H3. The summed E-state index contributed by atoms with van der Waals surface area (Å²) in [5.74, 6) is 0.999. The van der Waals surface area contributed by atoms with Crippen LogP contribution in [0, 0.1) is 0 Å². The molecule has 2 aromatic heterocycles. The van der Waals surface area contributed by atoms with E-state index in [-0.39, 0.29) is 0 Å². The molecule has 20 heavy (non-hydrogen) atoms. The van der Waals surface area contributed by atoms with E-state index in [1.54, 1.807) is 11.3 Å². The molecule has 1 saturated carbocycles. The van der Waals surface area contributed by atoms with Crippen molar-refractivity contribution in [2.75, 3.05) is 11.4 Å². The van der Waals surface area contributed by atoms with Crippen LogP contribution in [0.4, 0.5) is 5.82 Å². The zero-order valence-corrected chi connectivity index (χ0v) is 12.6. The van der Waals surface area contributed by atoms with E-state index in [2.05, 4.69) is 43.9 Å². The van der Waals surface area contributed by atoms with E-state index in [1.165, 1.54) is 18.4 Å². The van der Waals surface area contributed by atoms with Crippen molar-refractivity contribution >= 4 is 17.2 Å². The van der Waals surface area contributed by atoms with E-state index in [9.17, 15) is 0 Å². The van der Waals surface area contributed by atoms with E-state index in [0.717, 1.165) is 31.1 Å². The van der Waals surface area contributed by atoms with E-state index < -0.39 is 0 Å². The SMILES string of the molecule is CCNCc1cnc(N(Cc2ccsc2)C2CC2)cn1. The number of thiophene rings is 1. The summed E-state index contributed by atoms with van der Waals surface area (Å²) in [7, 11) is 0. The van der Waals surface area contributed by atoms with Gasteiger partial charge in [0.1, 0.15) is 5.82 Å². The number of anilines is 1. The fourth-order valence-electron chi connectivity index (χ4n) is 2.20. The lowest BCUT2D eigenvalue weighted by atomic mass is 10.3. The van der Waals surface area contributed by atoms with Crippen LogP contribution < -0.4 is 10.2 Å². The first-order chi connectivity index (χ1) is 9.86. The van der Waals surface area contributed by atoms with Gasteiger partial charge in [-0.2, -0.15) is 11.3 Å². The van der Waals surface area contributed by atoms with Crippen LogP contribution in [0.15, 0.2) is 29.2 Å². The molecule has 0 spiro atoms. The summed E-state index contributed by atoms with van der Waals surface area (Å²) >= 11 is 1.75. The van der Waals surface area contributed by atoms with Gasteiger partial charge >= 0.3 is 0 Å². The lowest BCUT2D eigenvalue weighted by Gasteiger charge is -2.22. The number of hydrogen-bond donors (Lipinski definition) is 1. The van der Waals surface area contributed by atoms with Crippen molar-refractivity contribution in [3.8, 4) is 0 Å². The topological polar surface area (TPSA) is 41.1 Å². The fraction of sp³-hybridized carbons (Fsp3) is 0.467. The van der Waals surface area contributed by atoms with Gasteiger partial charge in [0.2, 0.25) is 0 Å². The average Bonchev–Trinajstić information content (AvgIpc) is 3.20. The molecule has 106 valence electrons. The van der Waals surface area contributed by atoms with Crippen LogP contribution in [0.2, 0.25) is 0 Å². The molecule has 0 bridgehead atoms. The van der Waals surface area contributed by atoms with Crippen LogP contribution in [0.3, 0.4) is 0 Å². The number of hydrogen-bond acceptors (Lipinski definition) is 5. The van der Waals surface area contributed by atoms with Gasteiger partial charge in [0.15, 0.2) is 0 Å². The van der Waals surface area contributed by atoms with Gasteiger partial charge in [-0.05, 0) is 41.8 Å². The molecule has 0 atom stereocenters. The minimum atomic E-state index is 0.642. The first-order valence-electron chi connectivity index (χ1n) is 7.16. The molecule has 0 radical (unpaired) electrons. The van der Waals surface area contributed by atoms with Gasteiger partial charge in [-0.1, -0.05) is 6.92 Å². The van der Waals surface area contributed by atoms with Crippen molar-refractivity contribution in [3.63, 3.8) is 0 Å². The first-order valence-corrected chi connectivity index (χ1v) is 8.10. The molecule has 2 aromatic rings. The molecule has 0 saturated heterocycles. The minimum absolute atomic E-state index is 0.642. The molecule has 0 aromatic carbocycles. The minimum Gasteiger partial charge on any atom is -0.348 e. The van der Waals surface area contributed by atoms with E-state index in [0.29, 0.717) is 6.04 Å². The van der Waals surface area contributed by atoms with Crippen LogP contribution >= 0.6 is 11.3 Å². The van der Waals surface area contributed by atoms with Crippen LogP contribution in [-0.4, -0.2) is 22.6 Å². The average molecular weight is 288 g/mol. The number of aromatic nitrogens is 2. The Labute approximate surface area is 123 Å². The van der Waals surface area contributed by atoms with Crippen molar-refractivity contribution in [2.24, 2.45) is 0 Å². The van der Waals surface area contributed by atoms with Crippen LogP contribution in [0.1, 0.15) is 31.0 Å². The highest BCUT2D eigenvalue weighted by Crippen LogP contribution is 2.32. The molecule has 1 N–H and O–H groups in total. The van der Waals surface area contributed by atoms with Crippen molar-refractivity contribution in [1.29, 1.82) is 0 Å². The molecule has 0 aliphatic heterocycles. The largest absolute Gasteiger partial charge is 0.348 e. The lowest BCUT2D eigenvalue weighted by Crippen LogP contribution is -2.26. The second-order valence-electron chi connectivity index (χ2n) is 5.14. The highest BCUT2D eigenvalue weighted by Gasteiger charge is 2.30. The molecule has 5 heteroatoms. The van der Waals surface area contributed by atoms with Crippen molar-refractivity contribution in [2.45, 2.75) is 38.9 Å². The van der Waals surface area contributed by atoms with Crippen LogP contribution in [0.25, 0.3) is 0 Å². The van der Waals surface area contributed by atoms with E-state index in [4.69, 9.17) is 0 Å².